The third kappa shape index (κ3) is 3.75. The van der Waals surface area contributed by atoms with E-state index >= 15 is 0 Å². The van der Waals surface area contributed by atoms with Gasteiger partial charge in [0.15, 0.2) is 0 Å². The van der Waals surface area contributed by atoms with Crippen molar-refractivity contribution in [3.05, 3.63) is 35.9 Å². The van der Waals surface area contributed by atoms with Crippen molar-refractivity contribution in [2.45, 2.75) is 38.1 Å². The molecule has 1 aromatic rings. The van der Waals surface area contributed by atoms with Crippen molar-refractivity contribution in [2.24, 2.45) is 5.92 Å². The number of amides is 4. The highest BCUT2D eigenvalue weighted by Gasteiger charge is 2.32. The molecule has 4 amide bonds. The Labute approximate surface area is 141 Å². The first-order chi connectivity index (χ1) is 11.6. The fourth-order valence-electron chi connectivity index (χ4n) is 3.58. The maximum atomic E-state index is 12.4. The summed E-state index contributed by atoms with van der Waals surface area (Å²) < 4.78 is 0. The maximum Gasteiger partial charge on any atom is 0.325 e. The van der Waals surface area contributed by atoms with Gasteiger partial charge in [0.05, 0.1) is 12.6 Å². The van der Waals surface area contributed by atoms with Crippen LogP contribution in [0.5, 0.6) is 0 Å². The van der Waals surface area contributed by atoms with Crippen molar-refractivity contribution in [2.75, 3.05) is 13.1 Å². The molecule has 1 saturated carbocycles. The first kappa shape index (κ1) is 16.5. The minimum absolute atomic E-state index is 0.0309. The zero-order chi connectivity index (χ0) is 16.9. The molecule has 24 heavy (non-hydrogen) atoms. The second-order valence-electron chi connectivity index (χ2n) is 6.49. The third-order valence-corrected chi connectivity index (χ3v) is 4.84. The lowest BCUT2D eigenvalue weighted by molar-refractivity contribution is -0.131. The van der Waals surface area contributed by atoms with Gasteiger partial charge in [-0.05, 0) is 24.3 Å². The van der Waals surface area contributed by atoms with Crippen molar-refractivity contribution in [1.29, 1.82) is 0 Å². The number of benzene rings is 1. The van der Waals surface area contributed by atoms with Crippen LogP contribution < -0.4 is 10.6 Å². The summed E-state index contributed by atoms with van der Waals surface area (Å²) in [6, 6.07) is 9.37. The molecule has 6 nitrogen and oxygen atoms in total. The van der Waals surface area contributed by atoms with Gasteiger partial charge in [-0.2, -0.15) is 0 Å². The predicted molar refractivity (Wildman–Crippen MR) is 89.0 cm³/mol. The molecule has 1 saturated heterocycles. The van der Waals surface area contributed by atoms with Crippen LogP contribution in [0.3, 0.4) is 0 Å². The number of carbonyl (C=O) groups is 3. The lowest BCUT2D eigenvalue weighted by Crippen LogP contribution is -2.43. The Hall–Kier alpha value is -2.37. The number of nitrogens with zero attached hydrogens (tertiary/aromatic N) is 1. The largest absolute Gasteiger partial charge is 0.347 e. The summed E-state index contributed by atoms with van der Waals surface area (Å²) in [5.74, 6) is -0.253. The van der Waals surface area contributed by atoms with E-state index in [1.54, 1.807) is 0 Å². The Morgan fingerprint density at radius 1 is 1.17 bits per heavy atom. The van der Waals surface area contributed by atoms with Crippen LogP contribution in [0.25, 0.3) is 0 Å². The Bertz CT molecular complexity index is 595. The average molecular weight is 329 g/mol. The molecule has 0 aromatic heterocycles. The number of nitrogens with one attached hydrogen (secondary N) is 2. The summed E-state index contributed by atoms with van der Waals surface area (Å²) >= 11 is 0. The molecule has 1 aliphatic heterocycles. The van der Waals surface area contributed by atoms with E-state index in [2.05, 4.69) is 10.6 Å². The lowest BCUT2D eigenvalue weighted by atomic mass is 9.81. The Morgan fingerprint density at radius 2 is 1.88 bits per heavy atom. The molecular weight excluding hydrogens is 306 g/mol. The summed E-state index contributed by atoms with van der Waals surface area (Å²) in [5, 5.41) is 5.49. The monoisotopic (exact) mass is 329 g/mol. The van der Waals surface area contributed by atoms with Crippen molar-refractivity contribution in [3.8, 4) is 0 Å². The Balaban J connectivity index is 1.70. The molecule has 2 fully saturated rings. The SMILES string of the molecule is O=C(CN1C(=O)CNC1=O)NC(c1ccccc1)C1CCCCC1. The number of hydrogen-bond donors (Lipinski definition) is 2. The van der Waals surface area contributed by atoms with Crippen LogP contribution in [-0.4, -0.2) is 35.8 Å². The summed E-state index contributed by atoms with van der Waals surface area (Å²) in [6.07, 6.45) is 5.77. The van der Waals surface area contributed by atoms with E-state index in [0.717, 1.165) is 23.3 Å². The first-order valence-corrected chi connectivity index (χ1v) is 8.57. The molecule has 1 aliphatic carbocycles. The van der Waals surface area contributed by atoms with Crippen LogP contribution in [-0.2, 0) is 9.59 Å². The molecule has 128 valence electrons. The van der Waals surface area contributed by atoms with Gasteiger partial charge in [-0.1, -0.05) is 49.6 Å². The van der Waals surface area contributed by atoms with Gasteiger partial charge < -0.3 is 10.6 Å². The molecule has 2 N–H and O–H groups in total. The van der Waals surface area contributed by atoms with Crippen LogP contribution in [0, 0.1) is 5.92 Å². The highest BCUT2D eigenvalue weighted by molar-refractivity contribution is 6.04. The van der Waals surface area contributed by atoms with E-state index in [1.165, 1.54) is 19.3 Å². The second kappa shape index (κ2) is 7.47. The van der Waals surface area contributed by atoms with Gasteiger partial charge in [0.25, 0.3) is 5.91 Å². The van der Waals surface area contributed by atoms with Crippen LogP contribution >= 0.6 is 0 Å². The molecule has 0 spiro atoms. The fraction of sp³-hybridized carbons (Fsp3) is 0.500. The molecule has 1 heterocycles. The smallest absolute Gasteiger partial charge is 0.325 e. The van der Waals surface area contributed by atoms with Crippen LogP contribution in [0.1, 0.15) is 43.7 Å². The number of imide groups is 1. The van der Waals surface area contributed by atoms with Crippen molar-refractivity contribution < 1.29 is 14.4 Å². The normalized spacial score (nSPS) is 19.9. The van der Waals surface area contributed by atoms with E-state index in [1.807, 2.05) is 30.3 Å². The highest BCUT2D eigenvalue weighted by atomic mass is 16.2. The molecule has 6 heteroatoms. The van der Waals surface area contributed by atoms with Gasteiger partial charge >= 0.3 is 6.03 Å². The fourth-order valence-corrected chi connectivity index (χ4v) is 3.58. The Kier molecular flexibility index (Phi) is 5.13. The molecule has 1 unspecified atom stereocenters. The number of carbonyl (C=O) groups excluding carboxylic acids is 3. The van der Waals surface area contributed by atoms with Gasteiger partial charge in [0.2, 0.25) is 5.91 Å². The number of urea groups is 1. The molecule has 1 aromatic carbocycles. The van der Waals surface area contributed by atoms with E-state index in [0.29, 0.717) is 5.92 Å². The quantitative estimate of drug-likeness (QED) is 0.811. The van der Waals surface area contributed by atoms with Crippen LogP contribution in [0.4, 0.5) is 4.79 Å². The minimum atomic E-state index is -0.496. The first-order valence-electron chi connectivity index (χ1n) is 8.57. The topological polar surface area (TPSA) is 78.5 Å². The van der Waals surface area contributed by atoms with Crippen LogP contribution in [0.15, 0.2) is 30.3 Å². The van der Waals surface area contributed by atoms with Crippen molar-refractivity contribution >= 4 is 17.8 Å². The maximum absolute atomic E-state index is 12.4. The molecular formula is C18H23N3O3. The minimum Gasteiger partial charge on any atom is -0.347 e. The van der Waals surface area contributed by atoms with Gasteiger partial charge in [-0.15, -0.1) is 0 Å². The lowest BCUT2D eigenvalue weighted by Gasteiger charge is -2.31. The summed E-state index contributed by atoms with van der Waals surface area (Å²) in [5.41, 5.74) is 1.08. The number of rotatable bonds is 5. The molecule has 0 bridgehead atoms. The standard InChI is InChI=1S/C18H23N3O3/c22-15(12-21-16(23)11-19-18(21)24)20-17(13-7-3-1-4-8-13)14-9-5-2-6-10-14/h1,3-4,7-8,14,17H,2,5-6,9-12H2,(H,19,24)(H,20,22). The summed E-state index contributed by atoms with van der Waals surface area (Å²) in [4.78, 5) is 36.6. The summed E-state index contributed by atoms with van der Waals surface area (Å²) in [7, 11) is 0. The van der Waals surface area contributed by atoms with E-state index in [4.69, 9.17) is 0 Å². The number of hydrogen-bond acceptors (Lipinski definition) is 3. The van der Waals surface area contributed by atoms with Crippen LogP contribution in [0.2, 0.25) is 0 Å². The predicted octanol–water partition coefficient (Wildman–Crippen LogP) is 1.98. The van der Waals surface area contributed by atoms with Gasteiger partial charge in [0, 0.05) is 0 Å². The van der Waals surface area contributed by atoms with Crippen molar-refractivity contribution in [1.82, 2.24) is 15.5 Å². The third-order valence-electron chi connectivity index (χ3n) is 4.84. The van der Waals surface area contributed by atoms with Gasteiger partial charge in [-0.25, -0.2) is 4.79 Å². The van der Waals surface area contributed by atoms with E-state index in [-0.39, 0.29) is 30.9 Å². The molecule has 3 rings (SSSR count). The van der Waals surface area contributed by atoms with Crippen molar-refractivity contribution in [3.63, 3.8) is 0 Å². The molecule has 2 aliphatic rings. The average Bonchev–Trinajstić information content (AvgIpc) is 2.93. The van der Waals surface area contributed by atoms with Gasteiger partial charge in [-0.3, -0.25) is 14.5 Å². The zero-order valence-corrected chi connectivity index (χ0v) is 13.7. The van der Waals surface area contributed by atoms with E-state index in [9.17, 15) is 14.4 Å². The van der Waals surface area contributed by atoms with E-state index < -0.39 is 6.03 Å². The second-order valence-corrected chi connectivity index (χ2v) is 6.49. The zero-order valence-electron chi connectivity index (χ0n) is 13.7. The molecule has 1 atom stereocenters. The Morgan fingerprint density at radius 3 is 2.50 bits per heavy atom. The molecule has 0 radical (unpaired) electrons. The van der Waals surface area contributed by atoms with Gasteiger partial charge in [0.1, 0.15) is 6.54 Å². The highest BCUT2D eigenvalue weighted by Crippen LogP contribution is 2.34. The summed E-state index contributed by atoms with van der Waals surface area (Å²) in [6.45, 7) is -0.252.